The van der Waals surface area contributed by atoms with Gasteiger partial charge in [-0.25, -0.2) is 0 Å². The summed E-state index contributed by atoms with van der Waals surface area (Å²) in [5.74, 6) is 0.450. The van der Waals surface area contributed by atoms with Gasteiger partial charge in [-0.05, 0) is 84.4 Å². The van der Waals surface area contributed by atoms with Crippen molar-refractivity contribution in [3.05, 3.63) is 162 Å². The van der Waals surface area contributed by atoms with Gasteiger partial charge in [0.2, 0.25) is 0 Å². The predicted molar refractivity (Wildman–Crippen MR) is 171 cm³/mol. The van der Waals surface area contributed by atoms with Crippen LogP contribution in [0.15, 0.2) is 141 Å². The standard InChI is InChI=1S/C36H34Cl2Si/c1-23-21-27-9-5-7-11-31(25-13-17-29(37)18-14-25)33(27)35(23)39(3,4)36-24(2)22-28-10-6-8-12-32(34(28)36)26-15-19-30(38)20-16-26/h5-20,31-32H,21-22H2,1-4H3. The zero-order valence-corrected chi connectivity index (χ0v) is 25.6. The lowest BCUT2D eigenvalue weighted by atomic mass is 9.89. The molecule has 2 atom stereocenters. The van der Waals surface area contributed by atoms with Gasteiger partial charge in [-0.2, -0.15) is 0 Å². The molecule has 2 aromatic carbocycles. The smallest absolute Gasteiger partial charge is 0.0843 e. The Balaban J connectivity index is 1.49. The fourth-order valence-corrected chi connectivity index (χ4v) is 12.2. The molecule has 4 aliphatic carbocycles. The van der Waals surface area contributed by atoms with Gasteiger partial charge in [-0.1, -0.05) is 131 Å². The molecule has 0 radical (unpaired) electrons. The van der Waals surface area contributed by atoms with Crippen molar-refractivity contribution in [3.63, 3.8) is 0 Å². The summed E-state index contributed by atoms with van der Waals surface area (Å²) in [5, 5.41) is 4.82. The second-order valence-electron chi connectivity index (χ2n) is 11.7. The molecule has 6 rings (SSSR count). The maximum absolute atomic E-state index is 6.30. The zero-order chi connectivity index (χ0) is 27.3. The van der Waals surface area contributed by atoms with Crippen LogP contribution in [0.2, 0.25) is 23.1 Å². The van der Waals surface area contributed by atoms with Crippen LogP contribution in [-0.4, -0.2) is 8.07 Å². The Hall–Kier alpha value is -2.84. The summed E-state index contributed by atoms with van der Waals surface area (Å²) in [7, 11) is -2.14. The highest BCUT2D eigenvalue weighted by Gasteiger charge is 2.44. The SMILES string of the molecule is CC1=C([Si](C)(C)C2=C(C)CC3=C2C(c2ccc(Cl)cc2)C=CC=C3)C2=C(C=CC=CC2c2ccc(Cl)cc2)C1. The number of allylic oxidation sites excluding steroid dienone is 16. The first-order valence-corrected chi connectivity index (χ1v) is 17.6. The van der Waals surface area contributed by atoms with Gasteiger partial charge in [0.25, 0.3) is 0 Å². The summed E-state index contributed by atoms with van der Waals surface area (Å²) < 4.78 is 0. The number of halogens is 2. The minimum atomic E-state index is -2.14. The van der Waals surface area contributed by atoms with E-state index in [1.807, 2.05) is 24.3 Å². The van der Waals surface area contributed by atoms with Crippen LogP contribution in [-0.2, 0) is 0 Å². The molecule has 0 aromatic heterocycles. The van der Waals surface area contributed by atoms with E-state index in [1.165, 1.54) is 44.6 Å². The number of hydrogen-bond donors (Lipinski definition) is 0. The molecule has 3 heteroatoms. The molecule has 0 N–H and O–H groups in total. The van der Waals surface area contributed by atoms with E-state index < -0.39 is 8.07 Å². The Morgan fingerprint density at radius 3 is 1.36 bits per heavy atom. The van der Waals surface area contributed by atoms with Crippen LogP contribution in [0.3, 0.4) is 0 Å². The predicted octanol–water partition coefficient (Wildman–Crippen LogP) is 10.9. The molecule has 0 amide bonds. The van der Waals surface area contributed by atoms with Crippen molar-refractivity contribution in [1.82, 2.24) is 0 Å². The van der Waals surface area contributed by atoms with E-state index in [2.05, 4.69) is 99.8 Å². The first-order chi connectivity index (χ1) is 18.8. The van der Waals surface area contributed by atoms with Crippen molar-refractivity contribution in [3.8, 4) is 0 Å². The second kappa shape index (κ2) is 10.3. The van der Waals surface area contributed by atoms with Crippen LogP contribution >= 0.6 is 23.2 Å². The number of hydrogen-bond acceptors (Lipinski definition) is 0. The molecular formula is C36H34Cl2Si. The van der Waals surface area contributed by atoms with Gasteiger partial charge in [0.1, 0.15) is 8.07 Å². The zero-order valence-electron chi connectivity index (χ0n) is 23.1. The third-order valence-corrected chi connectivity index (χ3v) is 13.1. The average molecular weight is 566 g/mol. The Labute approximate surface area is 244 Å². The van der Waals surface area contributed by atoms with Gasteiger partial charge in [0.05, 0.1) is 0 Å². The molecule has 4 aliphatic rings. The Morgan fingerprint density at radius 2 is 0.974 bits per heavy atom. The van der Waals surface area contributed by atoms with Crippen LogP contribution < -0.4 is 0 Å². The van der Waals surface area contributed by atoms with Gasteiger partial charge in [-0.3, -0.25) is 0 Å². The number of benzene rings is 2. The summed E-state index contributed by atoms with van der Waals surface area (Å²) in [5.41, 5.74) is 11.7. The molecule has 0 aliphatic heterocycles. The molecule has 0 saturated carbocycles. The largest absolute Gasteiger partial charge is 0.112 e. The lowest BCUT2D eigenvalue weighted by molar-refractivity contribution is 1.00. The van der Waals surface area contributed by atoms with Gasteiger partial charge >= 0.3 is 0 Å². The maximum Gasteiger partial charge on any atom is 0.112 e. The molecule has 0 fully saturated rings. The molecule has 0 heterocycles. The van der Waals surface area contributed by atoms with Gasteiger partial charge in [-0.15, -0.1) is 0 Å². The molecule has 0 bridgehead atoms. The molecule has 196 valence electrons. The second-order valence-corrected chi connectivity index (χ2v) is 16.8. The summed E-state index contributed by atoms with van der Waals surface area (Å²) in [6.07, 6.45) is 20.4. The lowest BCUT2D eigenvalue weighted by Gasteiger charge is -2.36. The van der Waals surface area contributed by atoms with Crippen molar-refractivity contribution in [2.75, 3.05) is 0 Å². The van der Waals surface area contributed by atoms with Crippen LogP contribution in [0.25, 0.3) is 0 Å². The molecule has 0 spiro atoms. The van der Waals surface area contributed by atoms with E-state index in [9.17, 15) is 0 Å². The molecule has 0 nitrogen and oxygen atoms in total. The Kier molecular flexibility index (Phi) is 6.96. The van der Waals surface area contributed by atoms with Gasteiger partial charge in [0.15, 0.2) is 0 Å². The third kappa shape index (κ3) is 4.65. The fourth-order valence-electron chi connectivity index (χ4n) is 7.37. The molecule has 0 saturated heterocycles. The van der Waals surface area contributed by atoms with Crippen molar-refractivity contribution in [1.29, 1.82) is 0 Å². The lowest BCUT2D eigenvalue weighted by Crippen LogP contribution is -2.36. The van der Waals surface area contributed by atoms with Crippen molar-refractivity contribution in [2.24, 2.45) is 0 Å². The van der Waals surface area contributed by atoms with Gasteiger partial charge < -0.3 is 0 Å². The van der Waals surface area contributed by atoms with E-state index in [0.29, 0.717) is 0 Å². The normalized spacial score (nSPS) is 22.6. The van der Waals surface area contributed by atoms with E-state index in [1.54, 1.807) is 10.4 Å². The highest BCUT2D eigenvalue weighted by molar-refractivity contribution is 6.92. The quantitative estimate of drug-likeness (QED) is 0.324. The van der Waals surface area contributed by atoms with Crippen molar-refractivity contribution < 1.29 is 0 Å². The minimum absolute atomic E-state index is 0.225. The monoisotopic (exact) mass is 564 g/mol. The van der Waals surface area contributed by atoms with E-state index in [0.717, 1.165) is 22.9 Å². The topological polar surface area (TPSA) is 0 Å². The van der Waals surface area contributed by atoms with Crippen LogP contribution in [0.4, 0.5) is 0 Å². The van der Waals surface area contributed by atoms with Crippen molar-refractivity contribution >= 4 is 31.3 Å². The highest BCUT2D eigenvalue weighted by atomic mass is 35.5. The molecule has 2 aromatic rings. The maximum atomic E-state index is 6.30. The van der Waals surface area contributed by atoms with E-state index >= 15 is 0 Å². The molecule has 39 heavy (non-hydrogen) atoms. The average Bonchev–Trinajstić information content (AvgIpc) is 3.24. The minimum Gasteiger partial charge on any atom is -0.0843 e. The van der Waals surface area contributed by atoms with Crippen LogP contribution in [0, 0.1) is 0 Å². The number of rotatable bonds is 4. The van der Waals surface area contributed by atoms with Crippen LogP contribution in [0.5, 0.6) is 0 Å². The van der Waals surface area contributed by atoms with Crippen LogP contribution in [0.1, 0.15) is 49.7 Å². The summed E-state index contributed by atoms with van der Waals surface area (Å²) >= 11 is 12.6. The van der Waals surface area contributed by atoms with Crippen molar-refractivity contribution in [2.45, 2.75) is 51.6 Å². The summed E-state index contributed by atoms with van der Waals surface area (Å²) in [6, 6.07) is 16.9. The first-order valence-electron chi connectivity index (χ1n) is 13.8. The molecule has 2 unspecified atom stereocenters. The van der Waals surface area contributed by atoms with E-state index in [-0.39, 0.29) is 11.8 Å². The highest BCUT2D eigenvalue weighted by Crippen LogP contribution is 2.54. The Morgan fingerprint density at radius 1 is 0.590 bits per heavy atom. The van der Waals surface area contributed by atoms with Gasteiger partial charge in [0, 0.05) is 21.9 Å². The fraction of sp³-hybridized carbons (Fsp3) is 0.222. The summed E-state index contributed by atoms with van der Waals surface area (Å²) in [4.78, 5) is 0. The Bertz CT molecular complexity index is 1460. The van der Waals surface area contributed by atoms with E-state index in [4.69, 9.17) is 23.2 Å². The first kappa shape index (κ1) is 26.4. The molecular weight excluding hydrogens is 531 g/mol. The third-order valence-electron chi connectivity index (χ3n) is 8.75. The summed E-state index contributed by atoms with van der Waals surface area (Å²) in [6.45, 7) is 9.92.